The Hall–Kier alpha value is -1.48. The van der Waals surface area contributed by atoms with Gasteiger partial charge in [-0.3, -0.25) is 0 Å². The smallest absolute Gasteiger partial charge is 0.127 e. The van der Waals surface area contributed by atoms with Crippen LogP contribution >= 0.6 is 0 Å². The highest BCUT2D eigenvalue weighted by atomic mass is 16.5. The standard InChI is InChI=1S/C16H23NO2/c1-3-9-18-15-8-5-13(12-17-14-6-7-14)16(11-15)19-10-4-2/h4-5,8,11,14,17H,2-3,6-7,9-10,12H2,1H3. The van der Waals surface area contributed by atoms with E-state index < -0.39 is 0 Å². The van der Waals surface area contributed by atoms with Crippen LogP contribution in [-0.2, 0) is 6.54 Å². The van der Waals surface area contributed by atoms with Crippen LogP contribution in [0.1, 0.15) is 31.7 Å². The average Bonchev–Trinajstić information content (AvgIpc) is 3.25. The molecular weight excluding hydrogens is 238 g/mol. The Bertz CT molecular complexity index is 413. The Morgan fingerprint density at radius 2 is 2.21 bits per heavy atom. The number of hydrogen-bond acceptors (Lipinski definition) is 3. The van der Waals surface area contributed by atoms with E-state index in [1.54, 1.807) is 6.08 Å². The molecule has 3 heteroatoms. The minimum Gasteiger partial charge on any atom is -0.493 e. The van der Waals surface area contributed by atoms with Crippen molar-refractivity contribution in [2.24, 2.45) is 0 Å². The quantitative estimate of drug-likeness (QED) is 0.692. The zero-order valence-corrected chi connectivity index (χ0v) is 11.7. The van der Waals surface area contributed by atoms with Gasteiger partial charge in [-0.05, 0) is 25.3 Å². The summed E-state index contributed by atoms with van der Waals surface area (Å²) in [6.45, 7) is 7.90. The van der Waals surface area contributed by atoms with E-state index in [4.69, 9.17) is 9.47 Å². The maximum atomic E-state index is 5.72. The first-order valence-electron chi connectivity index (χ1n) is 7.06. The lowest BCUT2D eigenvalue weighted by atomic mass is 10.2. The van der Waals surface area contributed by atoms with Crippen LogP contribution < -0.4 is 14.8 Å². The van der Waals surface area contributed by atoms with E-state index >= 15 is 0 Å². The summed E-state index contributed by atoms with van der Waals surface area (Å²) in [5.41, 5.74) is 1.18. The third-order valence-corrected chi connectivity index (χ3v) is 3.03. The summed E-state index contributed by atoms with van der Waals surface area (Å²) in [5, 5.41) is 3.51. The monoisotopic (exact) mass is 261 g/mol. The molecule has 1 N–H and O–H groups in total. The molecule has 1 aromatic carbocycles. The summed E-state index contributed by atoms with van der Waals surface area (Å²) in [6, 6.07) is 6.77. The van der Waals surface area contributed by atoms with E-state index in [0.29, 0.717) is 12.6 Å². The number of nitrogens with one attached hydrogen (secondary N) is 1. The molecule has 0 spiro atoms. The summed E-state index contributed by atoms with van der Waals surface area (Å²) in [5.74, 6) is 1.76. The fourth-order valence-electron chi connectivity index (χ4n) is 1.82. The third-order valence-electron chi connectivity index (χ3n) is 3.03. The highest BCUT2D eigenvalue weighted by Crippen LogP contribution is 2.27. The molecule has 1 aromatic rings. The SMILES string of the molecule is C=CCOc1cc(OCCC)ccc1CNC1CC1. The van der Waals surface area contributed by atoms with Crippen molar-refractivity contribution in [1.82, 2.24) is 5.32 Å². The van der Waals surface area contributed by atoms with Gasteiger partial charge in [0.15, 0.2) is 0 Å². The summed E-state index contributed by atoms with van der Waals surface area (Å²) < 4.78 is 11.4. The van der Waals surface area contributed by atoms with Gasteiger partial charge in [0.2, 0.25) is 0 Å². The molecule has 0 aliphatic heterocycles. The van der Waals surface area contributed by atoms with Gasteiger partial charge >= 0.3 is 0 Å². The molecule has 2 rings (SSSR count). The Morgan fingerprint density at radius 3 is 2.89 bits per heavy atom. The molecule has 0 heterocycles. The first kappa shape index (κ1) is 13.9. The Balaban J connectivity index is 2.02. The molecule has 0 aromatic heterocycles. The first-order valence-corrected chi connectivity index (χ1v) is 7.06. The maximum absolute atomic E-state index is 5.72. The molecule has 0 unspecified atom stereocenters. The zero-order chi connectivity index (χ0) is 13.5. The molecule has 104 valence electrons. The van der Waals surface area contributed by atoms with Gasteiger partial charge in [0, 0.05) is 24.2 Å². The van der Waals surface area contributed by atoms with Crippen LogP contribution in [0.2, 0.25) is 0 Å². The maximum Gasteiger partial charge on any atom is 0.127 e. The van der Waals surface area contributed by atoms with Gasteiger partial charge in [-0.25, -0.2) is 0 Å². The molecule has 1 saturated carbocycles. The van der Waals surface area contributed by atoms with Crippen LogP contribution in [0.25, 0.3) is 0 Å². The third kappa shape index (κ3) is 4.60. The number of benzene rings is 1. The minimum absolute atomic E-state index is 0.521. The Kier molecular flexibility index (Phi) is 5.28. The molecule has 0 atom stereocenters. The number of rotatable bonds is 9. The molecule has 19 heavy (non-hydrogen) atoms. The van der Waals surface area contributed by atoms with Crippen LogP contribution in [0.4, 0.5) is 0 Å². The molecule has 1 fully saturated rings. The van der Waals surface area contributed by atoms with Gasteiger partial charge in [-0.15, -0.1) is 0 Å². The summed E-state index contributed by atoms with van der Waals surface area (Å²) >= 11 is 0. The lowest BCUT2D eigenvalue weighted by molar-refractivity contribution is 0.311. The lowest BCUT2D eigenvalue weighted by Gasteiger charge is -2.13. The van der Waals surface area contributed by atoms with Crippen molar-refractivity contribution >= 4 is 0 Å². The van der Waals surface area contributed by atoms with Crippen LogP contribution in [0, 0.1) is 0 Å². The van der Waals surface area contributed by atoms with Gasteiger partial charge in [-0.2, -0.15) is 0 Å². The van der Waals surface area contributed by atoms with Gasteiger partial charge in [-0.1, -0.05) is 25.6 Å². The van der Waals surface area contributed by atoms with E-state index in [-0.39, 0.29) is 0 Å². The number of hydrogen-bond donors (Lipinski definition) is 1. The molecule has 0 bridgehead atoms. The van der Waals surface area contributed by atoms with Crippen LogP contribution in [-0.4, -0.2) is 19.3 Å². The van der Waals surface area contributed by atoms with Crippen molar-refractivity contribution < 1.29 is 9.47 Å². The van der Waals surface area contributed by atoms with Gasteiger partial charge in [0.25, 0.3) is 0 Å². The molecule has 3 nitrogen and oxygen atoms in total. The molecule has 1 aliphatic carbocycles. The van der Waals surface area contributed by atoms with E-state index in [2.05, 4.69) is 24.9 Å². The number of ether oxygens (including phenoxy) is 2. The normalized spacial score (nSPS) is 14.2. The van der Waals surface area contributed by atoms with Crippen molar-refractivity contribution in [1.29, 1.82) is 0 Å². The van der Waals surface area contributed by atoms with E-state index in [0.717, 1.165) is 31.1 Å². The highest BCUT2D eigenvalue weighted by molar-refractivity contribution is 5.41. The summed E-state index contributed by atoms with van der Waals surface area (Å²) in [4.78, 5) is 0. The van der Waals surface area contributed by atoms with Crippen molar-refractivity contribution in [2.75, 3.05) is 13.2 Å². The highest BCUT2D eigenvalue weighted by Gasteiger charge is 2.20. The Labute approximate surface area is 115 Å². The average molecular weight is 261 g/mol. The summed E-state index contributed by atoms with van der Waals surface area (Å²) in [6.07, 6.45) is 5.35. The molecule has 1 aliphatic rings. The van der Waals surface area contributed by atoms with Crippen LogP contribution in [0.5, 0.6) is 11.5 Å². The first-order chi connectivity index (χ1) is 9.33. The van der Waals surface area contributed by atoms with E-state index in [1.165, 1.54) is 18.4 Å². The van der Waals surface area contributed by atoms with Crippen molar-refractivity contribution in [2.45, 2.75) is 38.8 Å². The van der Waals surface area contributed by atoms with Crippen molar-refractivity contribution in [3.05, 3.63) is 36.4 Å². The van der Waals surface area contributed by atoms with Gasteiger partial charge in [0.1, 0.15) is 18.1 Å². The topological polar surface area (TPSA) is 30.5 Å². The second-order valence-corrected chi connectivity index (χ2v) is 4.87. The lowest BCUT2D eigenvalue weighted by Crippen LogP contribution is -2.16. The fourth-order valence-corrected chi connectivity index (χ4v) is 1.82. The summed E-state index contributed by atoms with van der Waals surface area (Å²) in [7, 11) is 0. The molecule has 0 amide bonds. The second-order valence-electron chi connectivity index (χ2n) is 4.87. The van der Waals surface area contributed by atoms with E-state index in [1.807, 2.05) is 12.1 Å². The van der Waals surface area contributed by atoms with Gasteiger partial charge in [0.05, 0.1) is 6.61 Å². The molecule has 0 radical (unpaired) electrons. The van der Waals surface area contributed by atoms with Gasteiger partial charge < -0.3 is 14.8 Å². The largest absolute Gasteiger partial charge is 0.493 e. The van der Waals surface area contributed by atoms with Crippen molar-refractivity contribution in [3.63, 3.8) is 0 Å². The predicted molar refractivity (Wildman–Crippen MR) is 77.8 cm³/mol. The minimum atomic E-state index is 0.521. The van der Waals surface area contributed by atoms with Crippen LogP contribution in [0.15, 0.2) is 30.9 Å². The Morgan fingerprint density at radius 1 is 1.37 bits per heavy atom. The van der Waals surface area contributed by atoms with E-state index in [9.17, 15) is 0 Å². The zero-order valence-electron chi connectivity index (χ0n) is 11.7. The molecule has 0 saturated heterocycles. The van der Waals surface area contributed by atoms with Crippen molar-refractivity contribution in [3.8, 4) is 11.5 Å². The molecular formula is C16H23NO2. The fraction of sp³-hybridized carbons (Fsp3) is 0.500. The second kappa shape index (κ2) is 7.19. The predicted octanol–water partition coefficient (Wildman–Crippen LogP) is 3.29. The van der Waals surface area contributed by atoms with Crippen LogP contribution in [0.3, 0.4) is 0 Å².